The molecule has 2 heterocycles. The highest BCUT2D eigenvalue weighted by Crippen LogP contribution is 2.42. The lowest BCUT2D eigenvalue weighted by Crippen LogP contribution is -2.70. The molecule has 2 aliphatic heterocycles. The van der Waals surface area contributed by atoms with Gasteiger partial charge >= 0.3 is 5.97 Å². The maximum atomic E-state index is 12.3. The summed E-state index contributed by atoms with van der Waals surface area (Å²) in [6, 6.07) is -0.940. The average molecular weight is 592 g/mol. The predicted molar refractivity (Wildman–Crippen MR) is 149 cm³/mol. The lowest BCUT2D eigenvalue weighted by Gasteiger charge is -2.52. The predicted octanol–water partition coefficient (Wildman–Crippen LogP) is 1.49. The van der Waals surface area contributed by atoms with Gasteiger partial charge in [-0.3, -0.25) is 4.79 Å². The molecule has 0 saturated carbocycles. The largest absolute Gasteiger partial charge is 0.479 e. The first-order valence-electron chi connectivity index (χ1n) is 15.0. The molecule has 1 amide bonds. The molecule has 0 radical (unpaired) electrons. The molecule has 2 rings (SSSR count). The molecular formula is C29H53NO11. The van der Waals surface area contributed by atoms with Crippen LogP contribution in [0.4, 0.5) is 0 Å². The van der Waals surface area contributed by atoms with Gasteiger partial charge in [0, 0.05) is 6.92 Å². The average Bonchev–Trinajstić information content (AvgIpc) is 2.92. The van der Waals surface area contributed by atoms with Crippen molar-refractivity contribution in [3.63, 3.8) is 0 Å². The van der Waals surface area contributed by atoms with Crippen LogP contribution in [0, 0.1) is 5.41 Å². The first-order valence-corrected chi connectivity index (χ1v) is 15.0. The Kier molecular flexibility index (Phi) is 13.4. The second kappa shape index (κ2) is 15.4. The molecule has 0 aromatic rings. The van der Waals surface area contributed by atoms with Crippen LogP contribution in [0.25, 0.3) is 0 Å². The van der Waals surface area contributed by atoms with Crippen molar-refractivity contribution in [1.29, 1.82) is 0 Å². The number of carboxylic acid groups (broad SMARTS) is 1. The Morgan fingerprint density at radius 3 is 2.05 bits per heavy atom. The molecule has 0 aromatic heterocycles. The molecule has 2 aliphatic rings. The van der Waals surface area contributed by atoms with Gasteiger partial charge in [-0.15, -0.1) is 0 Å². The third-order valence-electron chi connectivity index (χ3n) is 8.89. The molecule has 0 spiro atoms. The zero-order valence-corrected chi connectivity index (χ0v) is 25.6. The van der Waals surface area contributed by atoms with Crippen molar-refractivity contribution in [1.82, 2.24) is 5.32 Å². The quantitative estimate of drug-likeness (QED) is 0.162. The number of carboxylic acids is 1. The lowest BCUT2D eigenvalue weighted by molar-refractivity contribution is -0.340. The van der Waals surface area contributed by atoms with Crippen LogP contribution >= 0.6 is 0 Å². The first kappa shape index (κ1) is 35.8. The summed E-state index contributed by atoms with van der Waals surface area (Å²) in [6.45, 7) is 12.5. The zero-order valence-electron chi connectivity index (χ0n) is 25.6. The summed E-state index contributed by atoms with van der Waals surface area (Å²) in [5.74, 6) is -1.84. The molecule has 240 valence electrons. The smallest absolute Gasteiger partial charge is 0.335 e. The number of rotatable bonds is 15. The fourth-order valence-corrected chi connectivity index (χ4v) is 5.97. The van der Waals surface area contributed by atoms with E-state index in [1.54, 1.807) is 0 Å². The lowest BCUT2D eigenvalue weighted by atomic mass is 9.71. The number of hydrogen-bond acceptors (Lipinski definition) is 10. The summed E-state index contributed by atoms with van der Waals surface area (Å²) >= 11 is 0. The third-order valence-corrected chi connectivity index (χ3v) is 8.89. The van der Waals surface area contributed by atoms with E-state index in [2.05, 4.69) is 12.2 Å². The molecule has 2 saturated heterocycles. The van der Waals surface area contributed by atoms with Gasteiger partial charge in [-0.2, -0.15) is 0 Å². The van der Waals surface area contributed by atoms with Gasteiger partial charge < -0.3 is 49.8 Å². The number of aliphatic hydroxyl groups excluding tert-OH is 4. The molecule has 6 N–H and O–H groups in total. The third kappa shape index (κ3) is 8.38. The Balaban J connectivity index is 2.46. The molecular weight excluding hydrogens is 538 g/mol. The van der Waals surface area contributed by atoms with Gasteiger partial charge in [-0.25, -0.2) is 4.79 Å². The van der Waals surface area contributed by atoms with Crippen molar-refractivity contribution in [2.45, 2.75) is 160 Å². The molecule has 0 bridgehead atoms. The topological polar surface area (TPSA) is 184 Å². The fraction of sp³-hybridized carbons (Fsp3) is 0.931. The van der Waals surface area contributed by atoms with E-state index >= 15 is 0 Å². The van der Waals surface area contributed by atoms with Crippen molar-refractivity contribution >= 4 is 11.9 Å². The van der Waals surface area contributed by atoms with Crippen LogP contribution in [-0.4, -0.2) is 111 Å². The van der Waals surface area contributed by atoms with Crippen LogP contribution < -0.4 is 5.32 Å². The number of hydrogen-bond donors (Lipinski definition) is 6. The normalized spacial score (nSPS) is 37.1. The SMILES string of the molecule is CCCC[C@](C)(CC)C1OC(CO)[C@@H](O)C(O[C@@H]2OC(C(=O)O)[C@@H](O[C@](C)(CC)CCC)C(O)C2O)C1NC(C)=O. The van der Waals surface area contributed by atoms with Crippen molar-refractivity contribution in [3.05, 3.63) is 0 Å². The van der Waals surface area contributed by atoms with Gasteiger partial charge in [0.25, 0.3) is 0 Å². The van der Waals surface area contributed by atoms with Crippen LogP contribution in [0.1, 0.15) is 93.4 Å². The van der Waals surface area contributed by atoms with E-state index in [1.165, 1.54) is 6.92 Å². The molecule has 41 heavy (non-hydrogen) atoms. The maximum Gasteiger partial charge on any atom is 0.335 e. The molecule has 12 heteroatoms. The summed E-state index contributed by atoms with van der Waals surface area (Å²) in [4.78, 5) is 24.6. The van der Waals surface area contributed by atoms with Crippen LogP contribution in [0.3, 0.4) is 0 Å². The van der Waals surface area contributed by atoms with Crippen LogP contribution in [0.5, 0.6) is 0 Å². The molecule has 0 aliphatic carbocycles. The first-order chi connectivity index (χ1) is 19.2. The minimum atomic E-state index is -1.74. The maximum absolute atomic E-state index is 12.3. The van der Waals surface area contributed by atoms with E-state index in [-0.39, 0.29) is 0 Å². The summed E-state index contributed by atoms with van der Waals surface area (Å²) in [5.41, 5.74) is -1.25. The van der Waals surface area contributed by atoms with E-state index in [9.17, 15) is 35.1 Å². The number of amides is 1. The van der Waals surface area contributed by atoms with Gasteiger partial charge in [-0.05, 0) is 38.0 Å². The monoisotopic (exact) mass is 591 g/mol. The Bertz CT molecular complexity index is 846. The molecule has 0 aromatic carbocycles. The molecule has 12 atom stereocenters. The summed E-state index contributed by atoms with van der Waals surface area (Å²) in [6.07, 6.45) is -7.65. The molecule has 12 nitrogen and oxygen atoms in total. The number of aliphatic carboxylic acids is 1. The standard InChI is InChI=1S/C29H53NO11/c1-8-12-14-28(6,10-3)25-18(30-16(5)32)22(19(33)17(15-31)38-25)39-27-21(35)20(34)23(24(40-27)26(36)37)41-29(7,11-4)13-9-2/h17-25,27,31,33-35H,8-15H2,1-7H3,(H,30,32)(H,36,37)/t17?,18?,19-,20?,21?,22?,23+,24?,25?,27-,28+,29-/m1/s1. The number of ether oxygens (including phenoxy) is 4. The summed E-state index contributed by atoms with van der Waals surface area (Å²) in [5, 5.41) is 56.2. The second-order valence-electron chi connectivity index (χ2n) is 12.1. The highest BCUT2D eigenvalue weighted by Gasteiger charge is 2.56. The zero-order chi connectivity index (χ0) is 31.1. The van der Waals surface area contributed by atoms with Gasteiger partial charge in [0.1, 0.15) is 36.6 Å². The van der Waals surface area contributed by atoms with Crippen molar-refractivity contribution < 1.29 is 54.1 Å². The van der Waals surface area contributed by atoms with Crippen LogP contribution in [0.15, 0.2) is 0 Å². The van der Waals surface area contributed by atoms with Crippen molar-refractivity contribution in [2.24, 2.45) is 5.41 Å². The molecule has 2 fully saturated rings. The number of nitrogens with one attached hydrogen (secondary N) is 1. The van der Waals surface area contributed by atoms with Crippen molar-refractivity contribution in [2.75, 3.05) is 6.61 Å². The van der Waals surface area contributed by atoms with E-state index in [4.69, 9.17) is 18.9 Å². The van der Waals surface area contributed by atoms with E-state index in [1.807, 2.05) is 34.6 Å². The Hall–Kier alpha value is -1.38. The van der Waals surface area contributed by atoms with Gasteiger partial charge in [0.05, 0.1) is 24.4 Å². The van der Waals surface area contributed by atoms with Crippen LogP contribution in [-0.2, 0) is 28.5 Å². The van der Waals surface area contributed by atoms with Crippen LogP contribution in [0.2, 0.25) is 0 Å². The minimum absolute atomic E-state index is 0.419. The van der Waals surface area contributed by atoms with Gasteiger partial charge in [0.2, 0.25) is 5.91 Å². The highest BCUT2D eigenvalue weighted by atomic mass is 16.7. The van der Waals surface area contributed by atoms with E-state index < -0.39 is 90.7 Å². The Morgan fingerprint density at radius 1 is 0.902 bits per heavy atom. The highest BCUT2D eigenvalue weighted by molar-refractivity contribution is 5.74. The number of unbranched alkanes of at least 4 members (excludes halogenated alkanes) is 1. The Labute approximate surface area is 243 Å². The summed E-state index contributed by atoms with van der Waals surface area (Å²) in [7, 11) is 0. The number of carbonyl (C=O) groups excluding carboxylic acids is 1. The second-order valence-corrected chi connectivity index (χ2v) is 12.1. The van der Waals surface area contributed by atoms with Gasteiger partial charge in [0.15, 0.2) is 12.4 Å². The van der Waals surface area contributed by atoms with E-state index in [0.29, 0.717) is 19.3 Å². The van der Waals surface area contributed by atoms with Gasteiger partial charge in [-0.1, -0.05) is 53.9 Å². The Morgan fingerprint density at radius 2 is 1.56 bits per heavy atom. The number of carbonyl (C=O) groups is 2. The summed E-state index contributed by atoms with van der Waals surface area (Å²) < 4.78 is 24.0. The van der Waals surface area contributed by atoms with Crippen molar-refractivity contribution in [3.8, 4) is 0 Å². The van der Waals surface area contributed by atoms with E-state index in [0.717, 1.165) is 25.7 Å². The fourth-order valence-electron chi connectivity index (χ4n) is 5.97. The molecule has 7 unspecified atom stereocenters. The minimum Gasteiger partial charge on any atom is -0.479 e. The number of aliphatic hydroxyl groups is 4.